The molecule has 0 N–H and O–H groups in total. The molecule has 19 heavy (non-hydrogen) atoms. The first-order valence-electron chi connectivity index (χ1n) is 8.08. The number of hydrogen-bond donors (Lipinski definition) is 0. The van der Waals surface area contributed by atoms with Crippen LogP contribution in [0.25, 0.3) is 0 Å². The largest absolute Gasteiger partial charge is 0.369 e. The van der Waals surface area contributed by atoms with Gasteiger partial charge in [-0.1, -0.05) is 41.5 Å². The molecule has 2 unspecified atom stereocenters. The van der Waals surface area contributed by atoms with Gasteiger partial charge in [-0.05, 0) is 64.2 Å². The van der Waals surface area contributed by atoms with Crippen LogP contribution in [0.15, 0.2) is 0 Å². The van der Waals surface area contributed by atoms with E-state index in [1.807, 2.05) is 0 Å². The highest BCUT2D eigenvalue weighted by Crippen LogP contribution is 2.36. The van der Waals surface area contributed by atoms with Crippen LogP contribution in [-0.2, 0) is 4.74 Å². The normalized spacial score (nSPS) is 17.1. The lowest BCUT2D eigenvalue weighted by Gasteiger charge is -2.43. The Balaban J connectivity index is 4.69. The van der Waals surface area contributed by atoms with E-state index in [1.54, 1.807) is 0 Å². The van der Waals surface area contributed by atoms with E-state index >= 15 is 0 Å². The number of hydrogen-bond acceptors (Lipinski definition) is 1. The highest BCUT2D eigenvalue weighted by molar-refractivity contribution is 4.85. The predicted molar refractivity (Wildman–Crippen MR) is 86.5 cm³/mol. The number of ether oxygens (including phenoxy) is 1. The molecule has 116 valence electrons. The van der Waals surface area contributed by atoms with Gasteiger partial charge in [-0.25, -0.2) is 0 Å². The Bertz CT molecular complexity index is 224. The first-order chi connectivity index (χ1) is 8.38. The molecule has 0 amide bonds. The van der Waals surface area contributed by atoms with Gasteiger partial charge in [-0.3, -0.25) is 0 Å². The van der Waals surface area contributed by atoms with Crippen molar-refractivity contribution < 1.29 is 4.74 Å². The molecule has 0 aliphatic rings. The Labute approximate surface area is 122 Å². The summed E-state index contributed by atoms with van der Waals surface area (Å²) in [7, 11) is 0. The molecule has 0 fully saturated rings. The standard InChI is InChI=1S/C18H38O/c1-13(2)11-15(5)17(7,8)19-18(9,10)16(6)12-14(3)4/h13-16H,11-12H2,1-10H3. The zero-order chi connectivity index (χ0) is 15.4. The van der Waals surface area contributed by atoms with Crippen LogP contribution >= 0.6 is 0 Å². The molecule has 1 heteroatoms. The summed E-state index contributed by atoms with van der Waals surface area (Å²) in [5.41, 5.74) is -0.113. The monoisotopic (exact) mass is 270 g/mol. The fourth-order valence-corrected chi connectivity index (χ4v) is 2.86. The van der Waals surface area contributed by atoms with Gasteiger partial charge in [-0.15, -0.1) is 0 Å². The number of rotatable bonds is 8. The van der Waals surface area contributed by atoms with E-state index in [0.29, 0.717) is 11.8 Å². The summed E-state index contributed by atoms with van der Waals surface area (Å²) in [6, 6.07) is 0. The summed E-state index contributed by atoms with van der Waals surface area (Å²) in [4.78, 5) is 0. The fourth-order valence-electron chi connectivity index (χ4n) is 2.86. The quantitative estimate of drug-likeness (QED) is 0.531. The summed E-state index contributed by atoms with van der Waals surface area (Å²) in [6.45, 7) is 22.8. The van der Waals surface area contributed by atoms with Crippen molar-refractivity contribution in [1.29, 1.82) is 0 Å². The van der Waals surface area contributed by atoms with E-state index in [2.05, 4.69) is 69.2 Å². The van der Waals surface area contributed by atoms with E-state index in [1.165, 1.54) is 12.8 Å². The summed E-state index contributed by atoms with van der Waals surface area (Å²) < 4.78 is 6.55. The molecule has 1 nitrogen and oxygen atoms in total. The van der Waals surface area contributed by atoms with Crippen LogP contribution in [0.2, 0.25) is 0 Å². The molecule has 0 heterocycles. The van der Waals surface area contributed by atoms with Crippen LogP contribution in [0, 0.1) is 23.7 Å². The molecule has 0 saturated heterocycles. The van der Waals surface area contributed by atoms with Crippen molar-refractivity contribution in [2.24, 2.45) is 23.7 Å². The predicted octanol–water partition coefficient (Wildman–Crippen LogP) is 5.92. The Kier molecular flexibility index (Phi) is 7.09. The third kappa shape index (κ3) is 6.79. The van der Waals surface area contributed by atoms with Crippen molar-refractivity contribution in [2.75, 3.05) is 0 Å². The minimum Gasteiger partial charge on any atom is -0.369 e. The summed E-state index contributed by atoms with van der Waals surface area (Å²) in [5, 5.41) is 0. The molecule has 2 atom stereocenters. The third-order valence-electron chi connectivity index (χ3n) is 4.55. The van der Waals surface area contributed by atoms with Crippen molar-refractivity contribution >= 4 is 0 Å². The van der Waals surface area contributed by atoms with E-state index in [-0.39, 0.29) is 11.2 Å². The molecule has 0 aromatic heterocycles. The van der Waals surface area contributed by atoms with Gasteiger partial charge in [0.15, 0.2) is 0 Å². The van der Waals surface area contributed by atoms with Gasteiger partial charge in [0.25, 0.3) is 0 Å². The van der Waals surface area contributed by atoms with Gasteiger partial charge in [0.2, 0.25) is 0 Å². The van der Waals surface area contributed by atoms with Crippen LogP contribution in [0.3, 0.4) is 0 Å². The molecule has 0 aromatic rings. The maximum Gasteiger partial charge on any atom is 0.0659 e. The molecule has 0 radical (unpaired) electrons. The van der Waals surface area contributed by atoms with Crippen molar-refractivity contribution in [2.45, 2.75) is 93.3 Å². The molecule has 0 bridgehead atoms. The van der Waals surface area contributed by atoms with Crippen LogP contribution in [-0.4, -0.2) is 11.2 Å². The van der Waals surface area contributed by atoms with E-state index in [0.717, 1.165) is 11.8 Å². The van der Waals surface area contributed by atoms with Gasteiger partial charge >= 0.3 is 0 Å². The Morgan fingerprint density at radius 2 is 0.895 bits per heavy atom. The van der Waals surface area contributed by atoms with Gasteiger partial charge in [0, 0.05) is 0 Å². The molecule has 0 spiro atoms. The third-order valence-corrected chi connectivity index (χ3v) is 4.55. The highest BCUT2D eigenvalue weighted by Gasteiger charge is 2.37. The van der Waals surface area contributed by atoms with Gasteiger partial charge < -0.3 is 4.74 Å². The SMILES string of the molecule is CC(C)CC(C)C(C)(C)OC(C)(C)C(C)CC(C)C. The molecule has 0 rings (SSSR count). The van der Waals surface area contributed by atoms with Crippen LogP contribution in [0.1, 0.15) is 82.1 Å². The van der Waals surface area contributed by atoms with Crippen molar-refractivity contribution in [3.63, 3.8) is 0 Å². The van der Waals surface area contributed by atoms with Gasteiger partial charge in [0.05, 0.1) is 11.2 Å². The lowest BCUT2D eigenvalue weighted by atomic mass is 9.82. The zero-order valence-electron chi connectivity index (χ0n) is 15.1. The Hall–Kier alpha value is -0.0400. The molecule has 0 saturated carbocycles. The van der Waals surface area contributed by atoms with Gasteiger partial charge in [-0.2, -0.15) is 0 Å². The maximum absolute atomic E-state index is 6.55. The second kappa shape index (κ2) is 7.11. The molecule has 0 aliphatic heterocycles. The smallest absolute Gasteiger partial charge is 0.0659 e. The molecule has 0 aromatic carbocycles. The average molecular weight is 271 g/mol. The lowest BCUT2D eigenvalue weighted by Crippen LogP contribution is -2.45. The summed E-state index contributed by atoms with van der Waals surface area (Å²) in [5.74, 6) is 2.62. The van der Waals surface area contributed by atoms with Crippen LogP contribution in [0.5, 0.6) is 0 Å². The Morgan fingerprint density at radius 3 is 1.11 bits per heavy atom. The average Bonchev–Trinajstić information content (AvgIpc) is 2.13. The maximum atomic E-state index is 6.55. The van der Waals surface area contributed by atoms with Crippen molar-refractivity contribution in [1.82, 2.24) is 0 Å². The molecular formula is C18H38O. The van der Waals surface area contributed by atoms with Crippen LogP contribution in [0.4, 0.5) is 0 Å². The lowest BCUT2D eigenvalue weighted by molar-refractivity contribution is -0.172. The zero-order valence-corrected chi connectivity index (χ0v) is 15.1. The van der Waals surface area contributed by atoms with E-state index in [4.69, 9.17) is 4.74 Å². The highest BCUT2D eigenvalue weighted by atomic mass is 16.5. The van der Waals surface area contributed by atoms with Crippen LogP contribution < -0.4 is 0 Å². The van der Waals surface area contributed by atoms with E-state index in [9.17, 15) is 0 Å². The summed E-state index contributed by atoms with van der Waals surface area (Å²) >= 11 is 0. The second-order valence-electron chi connectivity index (χ2n) is 8.37. The topological polar surface area (TPSA) is 9.23 Å². The first kappa shape index (κ1) is 19.0. The van der Waals surface area contributed by atoms with Crippen molar-refractivity contribution in [3.8, 4) is 0 Å². The Morgan fingerprint density at radius 1 is 0.632 bits per heavy atom. The van der Waals surface area contributed by atoms with E-state index < -0.39 is 0 Å². The second-order valence-corrected chi connectivity index (χ2v) is 8.37. The minimum absolute atomic E-state index is 0.0565. The molecule has 0 aliphatic carbocycles. The first-order valence-corrected chi connectivity index (χ1v) is 8.08. The van der Waals surface area contributed by atoms with Crippen molar-refractivity contribution in [3.05, 3.63) is 0 Å². The fraction of sp³-hybridized carbons (Fsp3) is 1.00. The minimum atomic E-state index is -0.0565. The summed E-state index contributed by atoms with van der Waals surface area (Å²) in [6.07, 6.45) is 2.45. The molecular weight excluding hydrogens is 232 g/mol. The van der Waals surface area contributed by atoms with Gasteiger partial charge in [0.1, 0.15) is 0 Å².